The number of rotatable bonds is 4. The summed E-state index contributed by atoms with van der Waals surface area (Å²) in [5.41, 5.74) is 0. The molecule has 1 fully saturated rings. The summed E-state index contributed by atoms with van der Waals surface area (Å²) in [5.74, 6) is -1.62. The minimum Gasteiger partial charge on any atom is -0.481 e. The van der Waals surface area contributed by atoms with E-state index in [0.29, 0.717) is 19.3 Å². The molecule has 0 aromatic rings. The average Bonchev–Trinajstić information content (AvgIpc) is 2.60. The predicted molar refractivity (Wildman–Crippen MR) is 63.5 cm³/mol. The maximum absolute atomic E-state index is 12.2. The Bertz CT molecular complexity index is 389. The van der Waals surface area contributed by atoms with Gasteiger partial charge in [-0.3, -0.25) is 19.3 Å². The van der Waals surface area contributed by atoms with Crippen LogP contribution in [-0.2, 0) is 14.4 Å². The van der Waals surface area contributed by atoms with Crippen LogP contribution in [-0.4, -0.2) is 33.8 Å². The van der Waals surface area contributed by atoms with Crippen LogP contribution in [0.3, 0.4) is 0 Å². The molecule has 0 spiro atoms. The van der Waals surface area contributed by atoms with Gasteiger partial charge in [-0.05, 0) is 26.2 Å². The first-order valence-electron chi connectivity index (χ1n) is 6.26. The van der Waals surface area contributed by atoms with Crippen LogP contribution in [0.1, 0.15) is 32.6 Å². The van der Waals surface area contributed by atoms with Crippen LogP contribution in [0, 0.1) is 11.8 Å². The first-order valence-corrected chi connectivity index (χ1v) is 6.26. The van der Waals surface area contributed by atoms with Gasteiger partial charge in [0.2, 0.25) is 11.8 Å². The Morgan fingerprint density at radius 2 is 1.83 bits per heavy atom. The number of likely N-dealkylation sites (tertiary alicyclic amines) is 1. The lowest BCUT2D eigenvalue weighted by Crippen LogP contribution is -2.39. The van der Waals surface area contributed by atoms with Crippen molar-refractivity contribution in [2.24, 2.45) is 11.8 Å². The van der Waals surface area contributed by atoms with E-state index in [1.54, 1.807) is 6.92 Å². The van der Waals surface area contributed by atoms with Gasteiger partial charge < -0.3 is 5.11 Å². The van der Waals surface area contributed by atoms with Gasteiger partial charge in [0.15, 0.2) is 0 Å². The second kappa shape index (κ2) is 4.92. The Labute approximate surface area is 105 Å². The second-order valence-corrected chi connectivity index (χ2v) is 4.98. The Hall–Kier alpha value is -1.65. The van der Waals surface area contributed by atoms with E-state index in [9.17, 15) is 14.4 Å². The summed E-state index contributed by atoms with van der Waals surface area (Å²) < 4.78 is 0. The van der Waals surface area contributed by atoms with Gasteiger partial charge in [0.25, 0.3) is 0 Å². The minimum atomic E-state index is -0.903. The van der Waals surface area contributed by atoms with Crippen molar-refractivity contribution in [2.75, 3.05) is 0 Å². The van der Waals surface area contributed by atoms with E-state index in [0.717, 1.165) is 0 Å². The quantitative estimate of drug-likeness (QED) is 0.601. The fourth-order valence-corrected chi connectivity index (χ4v) is 2.72. The van der Waals surface area contributed by atoms with Crippen molar-refractivity contribution in [3.05, 3.63) is 12.2 Å². The molecule has 5 heteroatoms. The molecule has 5 nitrogen and oxygen atoms in total. The van der Waals surface area contributed by atoms with Crippen LogP contribution in [0.5, 0.6) is 0 Å². The van der Waals surface area contributed by atoms with Crippen LogP contribution >= 0.6 is 0 Å². The van der Waals surface area contributed by atoms with Crippen molar-refractivity contribution < 1.29 is 19.5 Å². The number of carbonyl (C=O) groups excluding carboxylic acids is 2. The zero-order chi connectivity index (χ0) is 13.3. The molecule has 2 aliphatic rings. The highest BCUT2D eigenvalue weighted by atomic mass is 16.4. The fraction of sp³-hybridized carbons (Fsp3) is 0.615. The van der Waals surface area contributed by atoms with Crippen molar-refractivity contribution in [3.63, 3.8) is 0 Å². The van der Waals surface area contributed by atoms with Gasteiger partial charge in [-0.2, -0.15) is 0 Å². The fourth-order valence-electron chi connectivity index (χ4n) is 2.72. The van der Waals surface area contributed by atoms with E-state index < -0.39 is 5.97 Å². The molecular weight excluding hydrogens is 234 g/mol. The number of fused-ring (bicyclic) bond motifs is 1. The number of hydrogen-bond donors (Lipinski definition) is 1. The number of nitrogens with zero attached hydrogens (tertiary/aromatic N) is 1. The molecule has 1 saturated heterocycles. The number of carboxylic acids is 1. The third-order valence-corrected chi connectivity index (χ3v) is 3.76. The van der Waals surface area contributed by atoms with Crippen LogP contribution in [0.4, 0.5) is 0 Å². The molecule has 1 heterocycles. The number of carbonyl (C=O) groups is 3. The monoisotopic (exact) mass is 251 g/mol. The Morgan fingerprint density at radius 1 is 1.33 bits per heavy atom. The number of carboxylic acid groups (broad SMARTS) is 1. The standard InChI is InChI=1S/C13H17NO4/c1-8(6-7-11(15)16)14-12(17)9-4-2-3-5-10(9)13(14)18/h2-3,8-10H,4-7H2,1H3,(H,15,16)/t8?,9-,10+. The second-order valence-electron chi connectivity index (χ2n) is 4.98. The average molecular weight is 251 g/mol. The normalized spacial score (nSPS) is 28.4. The highest BCUT2D eigenvalue weighted by Gasteiger charge is 2.48. The topological polar surface area (TPSA) is 74.7 Å². The number of allylic oxidation sites excluding steroid dienone is 2. The minimum absolute atomic E-state index is 0.0220. The molecule has 2 rings (SSSR count). The summed E-state index contributed by atoms with van der Waals surface area (Å²) in [5, 5.41) is 8.64. The molecule has 1 aliphatic heterocycles. The Kier molecular flexibility index (Phi) is 3.50. The molecular formula is C13H17NO4. The first kappa shape index (κ1) is 12.8. The SMILES string of the molecule is CC(CCC(=O)O)N1C(=O)[C@H]2CC=CC[C@H]2C1=O. The smallest absolute Gasteiger partial charge is 0.303 e. The van der Waals surface area contributed by atoms with E-state index >= 15 is 0 Å². The molecule has 1 aliphatic carbocycles. The summed E-state index contributed by atoms with van der Waals surface area (Å²) in [4.78, 5) is 36.1. The molecule has 18 heavy (non-hydrogen) atoms. The van der Waals surface area contributed by atoms with E-state index in [2.05, 4.69) is 0 Å². The molecule has 1 N–H and O–H groups in total. The lowest BCUT2D eigenvalue weighted by atomic mass is 9.85. The lowest BCUT2D eigenvalue weighted by Gasteiger charge is -2.22. The van der Waals surface area contributed by atoms with Gasteiger partial charge in [-0.15, -0.1) is 0 Å². The van der Waals surface area contributed by atoms with Crippen molar-refractivity contribution in [1.29, 1.82) is 0 Å². The van der Waals surface area contributed by atoms with Crippen molar-refractivity contribution in [1.82, 2.24) is 4.90 Å². The third kappa shape index (κ3) is 2.17. The highest BCUT2D eigenvalue weighted by Crippen LogP contribution is 2.36. The maximum Gasteiger partial charge on any atom is 0.303 e. The molecule has 98 valence electrons. The van der Waals surface area contributed by atoms with Gasteiger partial charge in [-0.25, -0.2) is 0 Å². The largest absolute Gasteiger partial charge is 0.481 e. The van der Waals surface area contributed by atoms with Crippen LogP contribution in [0.15, 0.2) is 12.2 Å². The van der Waals surface area contributed by atoms with E-state index in [1.165, 1.54) is 4.90 Å². The lowest BCUT2D eigenvalue weighted by molar-refractivity contribution is -0.144. The molecule has 0 aromatic carbocycles. The van der Waals surface area contributed by atoms with Crippen molar-refractivity contribution in [3.8, 4) is 0 Å². The van der Waals surface area contributed by atoms with E-state index in [4.69, 9.17) is 5.11 Å². The summed E-state index contributed by atoms with van der Waals surface area (Å²) in [6.45, 7) is 1.74. The maximum atomic E-state index is 12.2. The molecule has 2 amide bonds. The zero-order valence-corrected chi connectivity index (χ0v) is 10.3. The van der Waals surface area contributed by atoms with Gasteiger partial charge in [0.05, 0.1) is 11.8 Å². The van der Waals surface area contributed by atoms with E-state index in [1.807, 2.05) is 12.2 Å². The number of hydrogen-bond acceptors (Lipinski definition) is 3. The Balaban J connectivity index is 2.07. The molecule has 0 saturated carbocycles. The Morgan fingerprint density at radius 3 is 2.28 bits per heavy atom. The highest BCUT2D eigenvalue weighted by molar-refractivity contribution is 6.05. The van der Waals surface area contributed by atoms with E-state index in [-0.39, 0.29) is 36.1 Å². The molecule has 1 unspecified atom stereocenters. The van der Waals surface area contributed by atoms with Gasteiger partial charge in [-0.1, -0.05) is 12.2 Å². The van der Waals surface area contributed by atoms with Crippen LogP contribution in [0.25, 0.3) is 0 Å². The van der Waals surface area contributed by atoms with Gasteiger partial charge >= 0.3 is 5.97 Å². The van der Waals surface area contributed by atoms with Crippen molar-refractivity contribution >= 4 is 17.8 Å². The first-order chi connectivity index (χ1) is 8.52. The van der Waals surface area contributed by atoms with Crippen molar-refractivity contribution in [2.45, 2.75) is 38.6 Å². The summed E-state index contributed by atoms with van der Waals surface area (Å²) in [6.07, 6.45) is 5.43. The van der Waals surface area contributed by atoms with Gasteiger partial charge in [0, 0.05) is 12.5 Å². The number of amides is 2. The number of imide groups is 1. The van der Waals surface area contributed by atoms with Crippen LogP contribution < -0.4 is 0 Å². The summed E-state index contributed by atoms with van der Waals surface area (Å²) in [7, 11) is 0. The predicted octanol–water partition coefficient (Wildman–Crippen LogP) is 1.19. The van der Waals surface area contributed by atoms with Gasteiger partial charge in [0.1, 0.15) is 0 Å². The summed E-state index contributed by atoms with van der Waals surface area (Å²) >= 11 is 0. The molecule has 0 aromatic heterocycles. The molecule has 3 atom stereocenters. The molecule has 0 bridgehead atoms. The number of aliphatic carboxylic acids is 1. The zero-order valence-electron chi connectivity index (χ0n) is 10.3. The third-order valence-electron chi connectivity index (χ3n) is 3.76. The molecule has 0 radical (unpaired) electrons. The summed E-state index contributed by atoms with van der Waals surface area (Å²) in [6, 6.07) is -0.327. The van der Waals surface area contributed by atoms with Crippen LogP contribution in [0.2, 0.25) is 0 Å².